The number of cyclic esters (lactones) is 1. The molecule has 208 valence electrons. The largest absolute Gasteiger partial charge is 0.458 e. The molecule has 6 aliphatic rings. The van der Waals surface area contributed by atoms with Crippen LogP contribution in [0.25, 0.3) is 0 Å². The van der Waals surface area contributed by atoms with Gasteiger partial charge in [-0.15, -0.1) is 0 Å². The summed E-state index contributed by atoms with van der Waals surface area (Å²) in [5.74, 6) is 1.90. The summed E-state index contributed by atoms with van der Waals surface area (Å²) in [5.41, 5.74) is 1.20. The molecule has 4 N–H and O–H groups in total. The zero-order chi connectivity index (χ0) is 26.3. The standard InChI is InChI=1S/C29H44O8/c1-14-24(32)25(33)26(34)27(36-14)37-17-6-8-28(2)16(11-17)4-5-18-19(28)7-9-29(3)20(18)12-21(30)23(29)15-10-22(31)35-13-15/h10,14,16-21,23-27,30,32-34H,4-9,11-13H2,1-3H3/t14-,16+,17-,18+,19-,20+,21-,23-,24-,25+,26+,27-,28-,29-/m0/s1. The normalized spacial score (nSPS) is 55.6. The Labute approximate surface area is 219 Å². The molecule has 2 heterocycles. The van der Waals surface area contributed by atoms with Crippen molar-refractivity contribution in [3.63, 3.8) is 0 Å². The van der Waals surface area contributed by atoms with Gasteiger partial charge in [-0.3, -0.25) is 0 Å². The quantitative estimate of drug-likeness (QED) is 0.330. The van der Waals surface area contributed by atoms with Crippen LogP contribution < -0.4 is 0 Å². The van der Waals surface area contributed by atoms with Gasteiger partial charge < -0.3 is 34.6 Å². The first kappa shape index (κ1) is 26.2. The first-order valence-electron chi connectivity index (χ1n) is 14.4. The number of fused-ring (bicyclic) bond motifs is 5. The van der Waals surface area contributed by atoms with Crippen molar-refractivity contribution in [3.8, 4) is 0 Å². The van der Waals surface area contributed by atoms with Crippen molar-refractivity contribution in [2.75, 3.05) is 6.61 Å². The minimum atomic E-state index is -1.27. The molecule has 0 amide bonds. The lowest BCUT2D eigenvalue weighted by atomic mass is 9.44. The lowest BCUT2D eigenvalue weighted by molar-refractivity contribution is -0.309. The Morgan fingerprint density at radius 3 is 2.41 bits per heavy atom. The van der Waals surface area contributed by atoms with Crippen LogP contribution >= 0.6 is 0 Å². The van der Waals surface area contributed by atoms with E-state index in [1.807, 2.05) is 0 Å². The molecule has 0 aromatic carbocycles. The van der Waals surface area contributed by atoms with E-state index < -0.39 is 36.8 Å². The van der Waals surface area contributed by atoms with Crippen molar-refractivity contribution in [3.05, 3.63) is 11.6 Å². The fourth-order valence-corrected chi connectivity index (χ4v) is 9.91. The van der Waals surface area contributed by atoms with Crippen molar-refractivity contribution in [2.24, 2.45) is 40.4 Å². The number of aliphatic hydroxyl groups excluding tert-OH is 4. The number of hydrogen-bond donors (Lipinski definition) is 4. The van der Waals surface area contributed by atoms with Crippen LogP contribution in [0.1, 0.15) is 72.1 Å². The van der Waals surface area contributed by atoms with Gasteiger partial charge in [0.25, 0.3) is 0 Å². The maximum Gasteiger partial charge on any atom is 0.331 e. The minimum absolute atomic E-state index is 0.000456. The van der Waals surface area contributed by atoms with Gasteiger partial charge in [-0.05, 0) is 98.4 Å². The molecule has 37 heavy (non-hydrogen) atoms. The highest BCUT2D eigenvalue weighted by atomic mass is 16.7. The van der Waals surface area contributed by atoms with Gasteiger partial charge in [-0.25, -0.2) is 4.79 Å². The molecule has 0 bridgehead atoms. The van der Waals surface area contributed by atoms with Crippen molar-refractivity contribution in [2.45, 2.75) is 115 Å². The Kier molecular flexibility index (Phi) is 6.57. The first-order valence-corrected chi connectivity index (χ1v) is 14.4. The third kappa shape index (κ3) is 4.04. The second-order valence-electron chi connectivity index (χ2n) is 13.5. The summed E-state index contributed by atoms with van der Waals surface area (Å²) in [7, 11) is 0. The van der Waals surface area contributed by atoms with Gasteiger partial charge in [-0.2, -0.15) is 0 Å². The summed E-state index contributed by atoms with van der Waals surface area (Å²) in [6.07, 6.45) is 4.14. The Bertz CT molecular complexity index is 937. The van der Waals surface area contributed by atoms with Crippen LogP contribution in [-0.4, -0.2) is 75.9 Å². The van der Waals surface area contributed by atoms with Gasteiger partial charge in [0.15, 0.2) is 6.29 Å². The highest BCUT2D eigenvalue weighted by molar-refractivity contribution is 5.85. The molecule has 0 radical (unpaired) electrons. The van der Waals surface area contributed by atoms with Gasteiger partial charge in [0.1, 0.15) is 24.9 Å². The van der Waals surface area contributed by atoms with Crippen molar-refractivity contribution in [1.29, 1.82) is 0 Å². The predicted octanol–water partition coefficient (Wildman–Crippen LogP) is 2.31. The Morgan fingerprint density at radius 2 is 1.68 bits per heavy atom. The summed E-state index contributed by atoms with van der Waals surface area (Å²) in [6, 6.07) is 0. The van der Waals surface area contributed by atoms with E-state index >= 15 is 0 Å². The highest BCUT2D eigenvalue weighted by Gasteiger charge is 2.63. The van der Waals surface area contributed by atoms with Crippen LogP contribution in [0.4, 0.5) is 0 Å². The number of esters is 1. The summed E-state index contributed by atoms with van der Waals surface area (Å²) in [5, 5.41) is 41.8. The Morgan fingerprint density at radius 1 is 0.919 bits per heavy atom. The molecule has 8 nitrogen and oxygen atoms in total. The average molecular weight is 521 g/mol. The second kappa shape index (κ2) is 9.27. The topological polar surface area (TPSA) is 126 Å². The monoisotopic (exact) mass is 520 g/mol. The van der Waals surface area contributed by atoms with Gasteiger partial charge in [0.05, 0.1) is 18.3 Å². The SMILES string of the molecule is C[C@@H]1O[C@@H](O[C@H]2CC[C@@]3(C)[C@H](CC[C@H]4[C@H]5C[C@H](O)[C@H](C6=CC(=O)OC6)[C@@]5(C)CC[C@@H]43)C2)[C@H](O)[C@H](O)[C@H]1O. The molecule has 0 aromatic heterocycles. The third-order valence-corrected chi connectivity index (χ3v) is 11.9. The predicted molar refractivity (Wildman–Crippen MR) is 133 cm³/mol. The first-order chi connectivity index (χ1) is 17.5. The Hall–Kier alpha value is -1.03. The molecule has 5 fully saturated rings. The molecular formula is C29H44O8. The van der Waals surface area contributed by atoms with Crippen LogP contribution in [0.15, 0.2) is 11.6 Å². The van der Waals surface area contributed by atoms with E-state index in [0.29, 0.717) is 30.3 Å². The molecule has 8 heteroatoms. The van der Waals surface area contributed by atoms with Crippen molar-refractivity contribution in [1.82, 2.24) is 0 Å². The van der Waals surface area contributed by atoms with E-state index in [2.05, 4.69) is 13.8 Å². The van der Waals surface area contributed by atoms with E-state index in [4.69, 9.17) is 14.2 Å². The van der Waals surface area contributed by atoms with Gasteiger partial charge in [0, 0.05) is 12.0 Å². The molecule has 1 saturated heterocycles. The maximum atomic E-state index is 11.8. The fraction of sp³-hybridized carbons (Fsp3) is 0.897. The summed E-state index contributed by atoms with van der Waals surface area (Å²) >= 11 is 0. The summed E-state index contributed by atoms with van der Waals surface area (Å²) in [4.78, 5) is 11.8. The van der Waals surface area contributed by atoms with Crippen molar-refractivity contribution < 1.29 is 39.4 Å². The maximum absolute atomic E-state index is 11.8. The zero-order valence-corrected chi connectivity index (χ0v) is 22.3. The Balaban J connectivity index is 1.15. The van der Waals surface area contributed by atoms with E-state index in [1.165, 1.54) is 0 Å². The fourth-order valence-electron chi connectivity index (χ4n) is 9.91. The van der Waals surface area contributed by atoms with Gasteiger partial charge in [-0.1, -0.05) is 13.8 Å². The van der Waals surface area contributed by atoms with Crippen LogP contribution in [-0.2, 0) is 19.0 Å². The molecule has 2 aliphatic heterocycles. The van der Waals surface area contributed by atoms with Crippen LogP contribution in [0.3, 0.4) is 0 Å². The van der Waals surface area contributed by atoms with E-state index in [-0.39, 0.29) is 28.8 Å². The molecule has 0 spiro atoms. The summed E-state index contributed by atoms with van der Waals surface area (Å²) in [6.45, 7) is 6.83. The number of hydrogen-bond acceptors (Lipinski definition) is 8. The number of aliphatic hydroxyl groups is 4. The van der Waals surface area contributed by atoms with E-state index in [9.17, 15) is 25.2 Å². The summed E-state index contributed by atoms with van der Waals surface area (Å²) < 4.78 is 17.2. The molecule has 6 rings (SSSR count). The molecular weight excluding hydrogens is 476 g/mol. The van der Waals surface area contributed by atoms with Crippen LogP contribution in [0.2, 0.25) is 0 Å². The second-order valence-corrected chi connectivity index (χ2v) is 13.5. The van der Waals surface area contributed by atoms with E-state index in [0.717, 1.165) is 56.9 Å². The number of rotatable bonds is 3. The molecule has 0 aromatic rings. The average Bonchev–Trinajstić information content (AvgIpc) is 3.39. The smallest absolute Gasteiger partial charge is 0.331 e. The van der Waals surface area contributed by atoms with Crippen LogP contribution in [0, 0.1) is 40.4 Å². The highest BCUT2D eigenvalue weighted by Crippen LogP contribution is 2.68. The zero-order valence-electron chi connectivity index (χ0n) is 22.3. The number of carbonyl (C=O) groups excluding carboxylic acids is 1. The van der Waals surface area contributed by atoms with E-state index in [1.54, 1.807) is 13.0 Å². The molecule has 4 saturated carbocycles. The van der Waals surface area contributed by atoms with Crippen LogP contribution in [0.5, 0.6) is 0 Å². The lowest BCUT2D eigenvalue weighted by Gasteiger charge is -2.61. The molecule has 0 unspecified atom stereocenters. The molecule has 4 aliphatic carbocycles. The van der Waals surface area contributed by atoms with Crippen molar-refractivity contribution >= 4 is 5.97 Å². The third-order valence-electron chi connectivity index (χ3n) is 11.9. The van der Waals surface area contributed by atoms with Gasteiger partial charge >= 0.3 is 5.97 Å². The lowest BCUT2D eigenvalue weighted by Crippen LogP contribution is -2.58. The number of carbonyl (C=O) groups is 1. The minimum Gasteiger partial charge on any atom is -0.458 e. The number of ether oxygens (including phenoxy) is 3. The van der Waals surface area contributed by atoms with Gasteiger partial charge in [0.2, 0.25) is 0 Å². The molecule has 14 atom stereocenters.